The average Bonchev–Trinajstić information content (AvgIpc) is 2.61. The molecule has 0 aliphatic rings. The number of nitrogens with one attached hydrogen (secondary N) is 1. The van der Waals surface area contributed by atoms with Crippen LogP contribution in [0, 0.1) is 0 Å². The predicted molar refractivity (Wildman–Crippen MR) is 94.4 cm³/mol. The first-order valence-electron chi connectivity index (χ1n) is 8.18. The van der Waals surface area contributed by atoms with E-state index in [4.69, 9.17) is 4.74 Å². The van der Waals surface area contributed by atoms with Crippen molar-refractivity contribution in [1.29, 1.82) is 0 Å². The van der Waals surface area contributed by atoms with Crippen molar-refractivity contribution in [2.75, 3.05) is 6.61 Å². The van der Waals surface area contributed by atoms with Gasteiger partial charge < -0.3 is 10.1 Å². The van der Waals surface area contributed by atoms with Gasteiger partial charge in [0.15, 0.2) is 6.61 Å². The summed E-state index contributed by atoms with van der Waals surface area (Å²) in [5, 5.41) is 2.76. The Kier molecular flexibility index (Phi) is 6.55. The van der Waals surface area contributed by atoms with E-state index in [1.807, 2.05) is 68.4 Å². The van der Waals surface area contributed by atoms with Crippen molar-refractivity contribution in [3.63, 3.8) is 0 Å². The van der Waals surface area contributed by atoms with Crippen LogP contribution in [-0.4, -0.2) is 24.5 Å². The fourth-order valence-corrected chi connectivity index (χ4v) is 2.23. The maximum atomic E-state index is 11.8. The number of amides is 1. The molecule has 0 bridgehead atoms. The van der Waals surface area contributed by atoms with Gasteiger partial charge in [-0.05, 0) is 30.0 Å². The second-order valence-corrected chi connectivity index (χ2v) is 5.78. The first-order chi connectivity index (χ1) is 11.6. The first kappa shape index (κ1) is 17.7. The minimum Gasteiger partial charge on any atom is -0.455 e. The van der Waals surface area contributed by atoms with Gasteiger partial charge in [-0.15, -0.1) is 0 Å². The fourth-order valence-electron chi connectivity index (χ4n) is 2.23. The van der Waals surface area contributed by atoms with Crippen LogP contribution in [0.4, 0.5) is 0 Å². The topological polar surface area (TPSA) is 55.4 Å². The van der Waals surface area contributed by atoms with Crippen LogP contribution in [0.2, 0.25) is 0 Å². The number of carbonyl (C=O) groups excluding carboxylic acids is 2. The third-order valence-electron chi connectivity index (χ3n) is 3.79. The van der Waals surface area contributed by atoms with Crippen molar-refractivity contribution >= 4 is 11.9 Å². The van der Waals surface area contributed by atoms with Crippen LogP contribution in [0.1, 0.15) is 25.8 Å². The van der Waals surface area contributed by atoms with Gasteiger partial charge in [-0.1, -0.05) is 61.5 Å². The van der Waals surface area contributed by atoms with Crippen molar-refractivity contribution in [2.24, 2.45) is 0 Å². The molecule has 4 heteroatoms. The lowest BCUT2D eigenvalue weighted by Gasteiger charge is -2.11. The van der Waals surface area contributed by atoms with E-state index in [9.17, 15) is 9.59 Å². The van der Waals surface area contributed by atoms with E-state index < -0.39 is 5.97 Å². The lowest BCUT2D eigenvalue weighted by Crippen LogP contribution is -2.35. The molecule has 24 heavy (non-hydrogen) atoms. The summed E-state index contributed by atoms with van der Waals surface area (Å²) in [5.74, 6) is -0.668. The Balaban J connectivity index is 1.83. The fraction of sp³-hybridized carbons (Fsp3) is 0.300. The van der Waals surface area contributed by atoms with Gasteiger partial charge in [0, 0.05) is 6.04 Å². The molecule has 1 N–H and O–H groups in total. The Morgan fingerprint density at radius 2 is 1.62 bits per heavy atom. The molecule has 1 amide bonds. The van der Waals surface area contributed by atoms with Gasteiger partial charge in [-0.25, -0.2) is 0 Å². The molecular weight excluding hydrogens is 302 g/mol. The number of carbonyl (C=O) groups is 2. The molecule has 0 radical (unpaired) electrons. The molecule has 0 unspecified atom stereocenters. The molecule has 0 fully saturated rings. The molecule has 0 heterocycles. The molecule has 0 saturated heterocycles. The number of rotatable bonds is 7. The van der Waals surface area contributed by atoms with Crippen LogP contribution >= 0.6 is 0 Å². The molecule has 0 saturated carbocycles. The molecule has 0 spiro atoms. The van der Waals surface area contributed by atoms with Crippen LogP contribution in [-0.2, 0) is 20.7 Å². The molecule has 4 nitrogen and oxygen atoms in total. The molecule has 0 aliphatic heterocycles. The maximum Gasteiger partial charge on any atom is 0.310 e. The van der Waals surface area contributed by atoms with E-state index in [1.54, 1.807) is 0 Å². The molecule has 0 aliphatic carbocycles. The number of esters is 1. The third kappa shape index (κ3) is 5.54. The van der Waals surface area contributed by atoms with E-state index in [0.717, 1.165) is 23.1 Å². The zero-order valence-corrected chi connectivity index (χ0v) is 14.1. The molecule has 1 atom stereocenters. The van der Waals surface area contributed by atoms with Crippen LogP contribution < -0.4 is 5.32 Å². The molecule has 2 aromatic carbocycles. The minimum absolute atomic E-state index is 0.0849. The zero-order chi connectivity index (χ0) is 17.4. The second-order valence-electron chi connectivity index (χ2n) is 5.78. The van der Waals surface area contributed by atoms with Crippen molar-refractivity contribution in [2.45, 2.75) is 32.7 Å². The lowest BCUT2D eigenvalue weighted by molar-refractivity contribution is -0.148. The van der Waals surface area contributed by atoms with Crippen LogP contribution in [0.5, 0.6) is 0 Å². The smallest absolute Gasteiger partial charge is 0.310 e. The standard InChI is InChI=1S/C20H23NO3/c1-3-15(2)21-19(22)14-24-20(23)13-16-9-11-18(12-10-16)17-7-5-4-6-8-17/h4-12,15H,3,13-14H2,1-2H3,(H,21,22)/t15-/m0/s1. The Hall–Kier alpha value is -2.62. The quantitative estimate of drug-likeness (QED) is 0.794. The van der Waals surface area contributed by atoms with Gasteiger partial charge in [-0.2, -0.15) is 0 Å². The minimum atomic E-state index is -0.401. The Labute approximate surface area is 142 Å². The largest absolute Gasteiger partial charge is 0.455 e. The number of benzene rings is 2. The van der Waals surface area contributed by atoms with Crippen LogP contribution in [0.15, 0.2) is 54.6 Å². The van der Waals surface area contributed by atoms with Gasteiger partial charge in [-0.3, -0.25) is 9.59 Å². The summed E-state index contributed by atoms with van der Waals surface area (Å²) < 4.78 is 5.02. The SMILES string of the molecule is CC[C@H](C)NC(=O)COC(=O)Cc1ccc(-c2ccccc2)cc1. The van der Waals surface area contributed by atoms with E-state index in [0.29, 0.717) is 0 Å². The molecule has 2 aromatic rings. The van der Waals surface area contributed by atoms with Gasteiger partial charge in [0.25, 0.3) is 5.91 Å². The molecular formula is C20H23NO3. The highest BCUT2D eigenvalue weighted by Crippen LogP contribution is 2.19. The van der Waals surface area contributed by atoms with E-state index in [1.165, 1.54) is 0 Å². The summed E-state index contributed by atoms with van der Waals surface area (Å²) >= 11 is 0. The summed E-state index contributed by atoms with van der Waals surface area (Å²) in [4.78, 5) is 23.4. The molecule has 0 aromatic heterocycles. The Morgan fingerprint density at radius 3 is 2.25 bits per heavy atom. The summed E-state index contributed by atoms with van der Waals surface area (Å²) in [6.45, 7) is 3.66. The molecule has 126 valence electrons. The van der Waals surface area contributed by atoms with Gasteiger partial charge in [0.05, 0.1) is 6.42 Å². The van der Waals surface area contributed by atoms with Crippen molar-refractivity contribution in [3.05, 3.63) is 60.2 Å². The van der Waals surface area contributed by atoms with Gasteiger partial charge in [0.2, 0.25) is 0 Å². The summed E-state index contributed by atoms with van der Waals surface area (Å²) in [6, 6.07) is 17.9. The van der Waals surface area contributed by atoms with Gasteiger partial charge >= 0.3 is 5.97 Å². The predicted octanol–water partition coefficient (Wildman–Crippen LogP) is 3.35. The summed E-state index contributed by atoms with van der Waals surface area (Å²) in [6.07, 6.45) is 0.999. The highest BCUT2D eigenvalue weighted by Gasteiger charge is 2.10. The van der Waals surface area contributed by atoms with Crippen LogP contribution in [0.3, 0.4) is 0 Å². The summed E-state index contributed by atoms with van der Waals surface area (Å²) in [7, 11) is 0. The second kappa shape index (κ2) is 8.87. The van der Waals surface area contributed by atoms with Crippen molar-refractivity contribution < 1.29 is 14.3 Å². The van der Waals surface area contributed by atoms with E-state index in [2.05, 4.69) is 5.32 Å². The normalized spacial score (nSPS) is 11.6. The monoisotopic (exact) mass is 325 g/mol. The third-order valence-corrected chi connectivity index (χ3v) is 3.79. The average molecular weight is 325 g/mol. The lowest BCUT2D eigenvalue weighted by atomic mass is 10.0. The van der Waals surface area contributed by atoms with E-state index >= 15 is 0 Å². The Morgan fingerprint density at radius 1 is 1.00 bits per heavy atom. The maximum absolute atomic E-state index is 11.8. The van der Waals surface area contributed by atoms with E-state index in [-0.39, 0.29) is 25.0 Å². The number of hydrogen-bond acceptors (Lipinski definition) is 3. The first-order valence-corrected chi connectivity index (χ1v) is 8.18. The molecule has 2 rings (SSSR count). The number of ether oxygens (including phenoxy) is 1. The van der Waals surface area contributed by atoms with Crippen LogP contribution in [0.25, 0.3) is 11.1 Å². The Bertz CT molecular complexity index is 665. The van der Waals surface area contributed by atoms with Crippen molar-refractivity contribution in [1.82, 2.24) is 5.32 Å². The highest BCUT2D eigenvalue weighted by atomic mass is 16.5. The van der Waals surface area contributed by atoms with Crippen molar-refractivity contribution in [3.8, 4) is 11.1 Å². The zero-order valence-electron chi connectivity index (χ0n) is 14.1. The van der Waals surface area contributed by atoms with Gasteiger partial charge in [0.1, 0.15) is 0 Å². The number of hydrogen-bond donors (Lipinski definition) is 1. The summed E-state index contributed by atoms with van der Waals surface area (Å²) in [5.41, 5.74) is 3.09. The highest BCUT2D eigenvalue weighted by molar-refractivity contribution is 5.81.